The van der Waals surface area contributed by atoms with Gasteiger partial charge in [0.1, 0.15) is 23.6 Å². The van der Waals surface area contributed by atoms with Crippen molar-refractivity contribution >= 4 is 27.7 Å². The fraction of sp³-hybridized carbons (Fsp3) is 0.519. The lowest BCUT2D eigenvalue weighted by Crippen LogP contribution is -2.59. The number of carbonyl (C=O) groups is 2. The van der Waals surface area contributed by atoms with Crippen LogP contribution in [0.2, 0.25) is 0 Å². The van der Waals surface area contributed by atoms with Gasteiger partial charge in [0.25, 0.3) is 0 Å². The minimum Gasteiger partial charge on any atom is -0.345 e. The van der Waals surface area contributed by atoms with E-state index in [1.165, 1.54) is 0 Å². The van der Waals surface area contributed by atoms with Gasteiger partial charge < -0.3 is 10.6 Å². The predicted octanol–water partition coefficient (Wildman–Crippen LogP) is 3.37. The molecule has 2 N–H and O–H groups in total. The van der Waals surface area contributed by atoms with Gasteiger partial charge in [0.2, 0.25) is 11.8 Å². The summed E-state index contributed by atoms with van der Waals surface area (Å²) in [6.45, 7) is 3.73. The van der Waals surface area contributed by atoms with Crippen molar-refractivity contribution in [2.24, 2.45) is 5.92 Å². The van der Waals surface area contributed by atoms with Crippen LogP contribution in [0.3, 0.4) is 0 Å². The molecule has 0 spiro atoms. The third-order valence-electron chi connectivity index (χ3n) is 7.36. The Morgan fingerprint density at radius 3 is 2.42 bits per heavy atom. The van der Waals surface area contributed by atoms with Gasteiger partial charge in [-0.2, -0.15) is 12.7 Å². The normalized spacial score (nSPS) is 19.6. The van der Waals surface area contributed by atoms with Crippen LogP contribution < -0.4 is 14.9 Å². The number of benzene rings is 1. The zero-order valence-corrected chi connectivity index (χ0v) is 23.5. The Morgan fingerprint density at radius 1 is 1.18 bits per heavy atom. The number of halogens is 3. The summed E-state index contributed by atoms with van der Waals surface area (Å²) in [5.74, 6) is -5.00. The molecule has 9 nitrogen and oxygen atoms in total. The van der Waals surface area contributed by atoms with E-state index in [0.29, 0.717) is 35.7 Å². The average Bonchev–Trinajstić information content (AvgIpc) is 3.68. The Kier molecular flexibility index (Phi) is 8.74. The third-order valence-corrected chi connectivity index (χ3v) is 9.27. The molecule has 1 saturated heterocycles. The summed E-state index contributed by atoms with van der Waals surface area (Å²) in [5.41, 5.74) is -0.642. The lowest BCUT2D eigenvalue weighted by molar-refractivity contribution is -0.132. The first-order chi connectivity index (χ1) is 18.9. The first-order valence-corrected chi connectivity index (χ1v) is 14.7. The SMILES string of the molecule is CC(C)CC(NC(=O)C1CCCCN1S(=O)(=O)N(C)c1c(F)cc(F)cc1F)C(=O)NC1(c2cccnc2)CC1. The van der Waals surface area contributed by atoms with Crippen LogP contribution in [-0.2, 0) is 25.3 Å². The van der Waals surface area contributed by atoms with Crippen molar-refractivity contribution in [2.75, 3.05) is 17.9 Å². The maximum atomic E-state index is 14.4. The Labute approximate surface area is 232 Å². The number of anilines is 1. The van der Waals surface area contributed by atoms with E-state index < -0.39 is 56.9 Å². The highest BCUT2D eigenvalue weighted by molar-refractivity contribution is 7.90. The van der Waals surface area contributed by atoms with E-state index in [1.54, 1.807) is 18.5 Å². The highest BCUT2D eigenvalue weighted by Crippen LogP contribution is 2.45. The molecule has 13 heteroatoms. The molecule has 1 aliphatic heterocycles. The van der Waals surface area contributed by atoms with Gasteiger partial charge >= 0.3 is 10.2 Å². The molecule has 2 unspecified atom stereocenters. The average molecular weight is 582 g/mol. The van der Waals surface area contributed by atoms with Crippen molar-refractivity contribution in [1.82, 2.24) is 19.9 Å². The number of nitrogens with one attached hydrogen (secondary N) is 2. The summed E-state index contributed by atoms with van der Waals surface area (Å²) in [7, 11) is -3.66. The summed E-state index contributed by atoms with van der Waals surface area (Å²) in [4.78, 5) is 31.0. The number of carbonyl (C=O) groups excluding carboxylic acids is 2. The van der Waals surface area contributed by atoms with Gasteiger partial charge in [0.15, 0.2) is 11.6 Å². The summed E-state index contributed by atoms with van der Waals surface area (Å²) < 4.78 is 70.5. The molecule has 2 heterocycles. The molecule has 1 aromatic heterocycles. The Balaban J connectivity index is 1.54. The first-order valence-electron chi connectivity index (χ1n) is 13.3. The van der Waals surface area contributed by atoms with Crippen molar-refractivity contribution in [3.63, 3.8) is 0 Å². The topological polar surface area (TPSA) is 112 Å². The summed E-state index contributed by atoms with van der Waals surface area (Å²) in [6, 6.07) is 2.30. The number of amides is 2. The molecular formula is C27H34F3N5O4S. The quantitative estimate of drug-likeness (QED) is 0.447. The number of hydrogen-bond acceptors (Lipinski definition) is 5. The lowest BCUT2D eigenvalue weighted by atomic mass is 9.99. The van der Waals surface area contributed by atoms with E-state index >= 15 is 0 Å². The molecule has 2 fully saturated rings. The van der Waals surface area contributed by atoms with Crippen LogP contribution in [0, 0.1) is 23.4 Å². The van der Waals surface area contributed by atoms with Gasteiger partial charge in [0.05, 0.1) is 5.54 Å². The van der Waals surface area contributed by atoms with Crippen molar-refractivity contribution in [3.8, 4) is 0 Å². The van der Waals surface area contributed by atoms with Crippen molar-refractivity contribution < 1.29 is 31.2 Å². The number of pyridine rings is 1. The Bertz CT molecular complexity index is 1330. The monoisotopic (exact) mass is 581 g/mol. The Hall–Kier alpha value is -3.19. The van der Waals surface area contributed by atoms with Crippen LogP contribution in [0.5, 0.6) is 0 Å². The molecule has 218 valence electrons. The van der Waals surface area contributed by atoms with Crippen LogP contribution in [0.4, 0.5) is 18.9 Å². The summed E-state index contributed by atoms with van der Waals surface area (Å²) in [6.07, 6.45) is 6.22. The fourth-order valence-corrected chi connectivity index (χ4v) is 6.70. The van der Waals surface area contributed by atoms with Crippen molar-refractivity contribution in [3.05, 3.63) is 59.7 Å². The number of aromatic nitrogens is 1. The fourth-order valence-electron chi connectivity index (χ4n) is 5.10. The predicted molar refractivity (Wildman–Crippen MR) is 143 cm³/mol. The molecule has 0 radical (unpaired) electrons. The highest BCUT2D eigenvalue weighted by atomic mass is 32.2. The van der Waals surface area contributed by atoms with Crippen LogP contribution in [-0.4, -0.2) is 55.2 Å². The molecular weight excluding hydrogens is 547 g/mol. The number of hydrogen-bond donors (Lipinski definition) is 2. The zero-order chi connectivity index (χ0) is 29.2. The van der Waals surface area contributed by atoms with Crippen LogP contribution in [0.1, 0.15) is 57.9 Å². The summed E-state index contributed by atoms with van der Waals surface area (Å²) in [5, 5.41) is 5.79. The minimum atomic E-state index is -4.61. The molecule has 1 saturated carbocycles. The van der Waals surface area contributed by atoms with E-state index in [2.05, 4.69) is 15.6 Å². The Morgan fingerprint density at radius 2 is 1.85 bits per heavy atom. The molecule has 2 amide bonds. The first kappa shape index (κ1) is 29.8. The molecule has 1 aliphatic carbocycles. The third kappa shape index (κ3) is 6.25. The van der Waals surface area contributed by atoms with Crippen molar-refractivity contribution in [1.29, 1.82) is 0 Å². The minimum absolute atomic E-state index is 0.0337. The lowest BCUT2D eigenvalue weighted by Gasteiger charge is -2.37. The second-order valence-corrected chi connectivity index (χ2v) is 12.7. The van der Waals surface area contributed by atoms with E-state index in [0.717, 1.165) is 29.8 Å². The maximum Gasteiger partial charge on any atom is 0.304 e. The molecule has 1 aromatic carbocycles. The van der Waals surface area contributed by atoms with Gasteiger partial charge in [0, 0.05) is 38.1 Å². The van der Waals surface area contributed by atoms with E-state index in [-0.39, 0.29) is 24.8 Å². The van der Waals surface area contributed by atoms with E-state index in [4.69, 9.17) is 0 Å². The molecule has 40 heavy (non-hydrogen) atoms. The van der Waals surface area contributed by atoms with Crippen molar-refractivity contribution in [2.45, 2.75) is 70.0 Å². The van der Waals surface area contributed by atoms with E-state index in [9.17, 15) is 31.2 Å². The second kappa shape index (κ2) is 11.7. The molecule has 2 aliphatic rings. The van der Waals surface area contributed by atoms with Gasteiger partial charge in [-0.1, -0.05) is 26.3 Å². The van der Waals surface area contributed by atoms with Gasteiger partial charge in [-0.15, -0.1) is 0 Å². The number of rotatable bonds is 10. The number of piperidine rings is 1. The molecule has 2 atom stereocenters. The van der Waals surface area contributed by atoms with Gasteiger partial charge in [-0.05, 0) is 49.7 Å². The smallest absolute Gasteiger partial charge is 0.304 e. The molecule has 4 rings (SSSR count). The second-order valence-electron chi connectivity index (χ2n) is 10.8. The molecule has 2 aromatic rings. The van der Waals surface area contributed by atoms with Crippen LogP contribution >= 0.6 is 0 Å². The van der Waals surface area contributed by atoms with Crippen LogP contribution in [0.25, 0.3) is 0 Å². The highest BCUT2D eigenvalue weighted by Gasteiger charge is 2.47. The van der Waals surface area contributed by atoms with E-state index in [1.807, 2.05) is 19.9 Å². The largest absolute Gasteiger partial charge is 0.345 e. The maximum absolute atomic E-state index is 14.4. The van der Waals surface area contributed by atoms with Gasteiger partial charge in [-0.25, -0.2) is 13.2 Å². The van der Waals surface area contributed by atoms with Crippen LogP contribution in [0.15, 0.2) is 36.7 Å². The summed E-state index contributed by atoms with van der Waals surface area (Å²) >= 11 is 0. The van der Waals surface area contributed by atoms with Gasteiger partial charge in [-0.3, -0.25) is 18.9 Å². The molecule has 0 bridgehead atoms. The zero-order valence-electron chi connectivity index (χ0n) is 22.7. The standard InChI is InChI=1S/C27H34F3N5O4S/c1-17(2)13-22(25(36)33-27(9-10-27)18-7-6-11-31-16-18)32-26(37)23-8-4-5-12-35(23)40(38,39)34(3)24-20(29)14-19(28)15-21(24)30/h6-7,11,14-17,22-23H,4-5,8-10,12-13H2,1-3H3,(H,32,37)(H,33,36). The number of nitrogens with zero attached hydrogens (tertiary/aromatic N) is 3.